The molecule has 1 atom stereocenters. The van der Waals surface area contributed by atoms with Gasteiger partial charge in [-0.25, -0.2) is 4.79 Å². The van der Waals surface area contributed by atoms with Crippen LogP contribution in [0.4, 0.5) is 0 Å². The van der Waals surface area contributed by atoms with Crippen molar-refractivity contribution < 1.29 is 14.7 Å². The standard InChI is InChI=1S/C15H18N2O3S/c1-17-9-10(11-4-2-3-5-13(11)17)8-12(15(19)20)16-14(18)6-7-21/h2-5,9,12,21H,6-8H2,1H3,(H,16,18)(H,19,20). The zero-order valence-corrected chi connectivity index (χ0v) is 12.6. The van der Waals surface area contributed by atoms with Gasteiger partial charge in [0.2, 0.25) is 5.91 Å². The van der Waals surface area contributed by atoms with Crippen molar-refractivity contribution in [2.75, 3.05) is 5.75 Å². The van der Waals surface area contributed by atoms with Crippen molar-refractivity contribution in [2.24, 2.45) is 7.05 Å². The lowest BCUT2D eigenvalue weighted by Crippen LogP contribution is -2.42. The van der Waals surface area contributed by atoms with E-state index in [0.717, 1.165) is 16.5 Å². The Morgan fingerprint density at radius 1 is 1.38 bits per heavy atom. The molecule has 1 aromatic heterocycles. The van der Waals surface area contributed by atoms with Gasteiger partial charge in [-0.15, -0.1) is 0 Å². The second-order valence-electron chi connectivity index (χ2n) is 4.92. The lowest BCUT2D eigenvalue weighted by molar-refractivity contribution is -0.141. The predicted octanol–water partition coefficient (Wildman–Crippen LogP) is 1.61. The molecule has 2 aromatic rings. The molecule has 1 unspecified atom stereocenters. The number of carbonyl (C=O) groups is 2. The van der Waals surface area contributed by atoms with Gasteiger partial charge < -0.3 is 15.0 Å². The van der Waals surface area contributed by atoms with Crippen molar-refractivity contribution >= 4 is 35.4 Å². The number of aliphatic carboxylic acids is 1. The molecule has 0 fully saturated rings. The largest absolute Gasteiger partial charge is 0.480 e. The molecule has 0 saturated heterocycles. The van der Waals surface area contributed by atoms with Gasteiger partial charge in [-0.1, -0.05) is 18.2 Å². The Hall–Kier alpha value is -1.95. The minimum atomic E-state index is -1.03. The first-order chi connectivity index (χ1) is 10.0. The predicted molar refractivity (Wildman–Crippen MR) is 84.7 cm³/mol. The molecule has 5 nitrogen and oxygen atoms in total. The molecule has 0 radical (unpaired) electrons. The van der Waals surface area contributed by atoms with Crippen LogP contribution in [0, 0.1) is 0 Å². The van der Waals surface area contributed by atoms with Gasteiger partial charge in [-0.05, 0) is 17.4 Å². The van der Waals surface area contributed by atoms with Crippen molar-refractivity contribution in [3.8, 4) is 0 Å². The molecule has 112 valence electrons. The molecule has 0 aliphatic heterocycles. The highest BCUT2D eigenvalue weighted by Gasteiger charge is 2.21. The molecule has 0 aliphatic carbocycles. The molecule has 0 spiro atoms. The van der Waals surface area contributed by atoms with Crippen molar-refractivity contribution in [1.82, 2.24) is 9.88 Å². The van der Waals surface area contributed by atoms with Crippen molar-refractivity contribution in [3.05, 3.63) is 36.0 Å². The topological polar surface area (TPSA) is 71.3 Å². The summed E-state index contributed by atoms with van der Waals surface area (Å²) in [5.74, 6) is -0.931. The van der Waals surface area contributed by atoms with Gasteiger partial charge >= 0.3 is 5.97 Å². The minimum absolute atomic E-state index is 0.211. The number of thiol groups is 1. The van der Waals surface area contributed by atoms with E-state index in [0.29, 0.717) is 5.75 Å². The fraction of sp³-hybridized carbons (Fsp3) is 0.333. The van der Waals surface area contributed by atoms with E-state index in [1.165, 1.54) is 0 Å². The second kappa shape index (κ2) is 6.67. The van der Waals surface area contributed by atoms with E-state index < -0.39 is 12.0 Å². The normalized spacial score (nSPS) is 12.3. The summed E-state index contributed by atoms with van der Waals surface area (Å²) in [6.07, 6.45) is 2.38. The smallest absolute Gasteiger partial charge is 0.326 e. The first kappa shape index (κ1) is 15.4. The number of fused-ring (bicyclic) bond motifs is 1. The summed E-state index contributed by atoms with van der Waals surface area (Å²) in [6.45, 7) is 0. The summed E-state index contributed by atoms with van der Waals surface area (Å²) in [6, 6.07) is 6.87. The van der Waals surface area contributed by atoms with E-state index in [2.05, 4.69) is 17.9 Å². The maximum atomic E-state index is 11.6. The average Bonchev–Trinajstić information content (AvgIpc) is 2.75. The van der Waals surface area contributed by atoms with Crippen LogP contribution in [-0.4, -0.2) is 33.3 Å². The third-order valence-corrected chi connectivity index (χ3v) is 3.60. The molecule has 1 amide bonds. The van der Waals surface area contributed by atoms with E-state index in [9.17, 15) is 14.7 Å². The van der Waals surface area contributed by atoms with Gasteiger partial charge in [0.25, 0.3) is 0 Å². The number of nitrogens with one attached hydrogen (secondary N) is 1. The number of para-hydroxylation sites is 1. The van der Waals surface area contributed by atoms with E-state index in [1.54, 1.807) is 0 Å². The number of aryl methyl sites for hydroxylation is 1. The van der Waals surface area contributed by atoms with Gasteiger partial charge in [-0.3, -0.25) is 4.79 Å². The van der Waals surface area contributed by atoms with Gasteiger partial charge in [0, 0.05) is 37.0 Å². The number of benzene rings is 1. The zero-order chi connectivity index (χ0) is 15.4. The Labute approximate surface area is 128 Å². The average molecular weight is 306 g/mol. The van der Waals surface area contributed by atoms with Gasteiger partial charge in [0.05, 0.1) is 0 Å². The summed E-state index contributed by atoms with van der Waals surface area (Å²) in [7, 11) is 1.92. The fourth-order valence-corrected chi connectivity index (χ4v) is 2.58. The highest BCUT2D eigenvalue weighted by atomic mass is 32.1. The lowest BCUT2D eigenvalue weighted by atomic mass is 10.0. The number of hydrogen-bond acceptors (Lipinski definition) is 3. The summed E-state index contributed by atoms with van der Waals surface area (Å²) in [5, 5.41) is 12.8. The van der Waals surface area contributed by atoms with E-state index in [4.69, 9.17) is 0 Å². The summed E-state index contributed by atoms with van der Waals surface area (Å²) in [4.78, 5) is 22.9. The first-order valence-corrected chi connectivity index (χ1v) is 7.32. The molecule has 0 bridgehead atoms. The number of carbonyl (C=O) groups excluding carboxylic acids is 1. The Bertz CT molecular complexity index is 666. The summed E-state index contributed by atoms with van der Waals surface area (Å²) >= 11 is 3.97. The fourth-order valence-electron chi connectivity index (χ4n) is 2.38. The molecular formula is C15H18N2O3S. The van der Waals surface area contributed by atoms with Crippen LogP contribution in [0.1, 0.15) is 12.0 Å². The van der Waals surface area contributed by atoms with Crippen molar-refractivity contribution in [1.29, 1.82) is 0 Å². The number of carboxylic acid groups (broad SMARTS) is 1. The Kier molecular flexibility index (Phi) is 4.90. The zero-order valence-electron chi connectivity index (χ0n) is 11.7. The van der Waals surface area contributed by atoms with Crippen LogP contribution in [0.2, 0.25) is 0 Å². The van der Waals surface area contributed by atoms with Crippen LogP contribution in [0.15, 0.2) is 30.5 Å². The molecule has 0 aliphatic rings. The highest BCUT2D eigenvalue weighted by Crippen LogP contribution is 2.21. The van der Waals surface area contributed by atoms with Gasteiger partial charge in [0.1, 0.15) is 6.04 Å². The van der Waals surface area contributed by atoms with E-state index in [-0.39, 0.29) is 18.7 Å². The summed E-state index contributed by atoms with van der Waals surface area (Å²) in [5.41, 5.74) is 1.95. The molecular weight excluding hydrogens is 288 g/mol. The molecule has 2 rings (SSSR count). The Morgan fingerprint density at radius 3 is 2.76 bits per heavy atom. The molecule has 6 heteroatoms. The monoisotopic (exact) mass is 306 g/mol. The highest BCUT2D eigenvalue weighted by molar-refractivity contribution is 7.80. The Balaban J connectivity index is 2.23. The van der Waals surface area contributed by atoms with Crippen LogP contribution in [0.5, 0.6) is 0 Å². The third-order valence-electron chi connectivity index (χ3n) is 3.38. The number of rotatable bonds is 6. The van der Waals surface area contributed by atoms with Crippen LogP contribution >= 0.6 is 12.6 Å². The lowest BCUT2D eigenvalue weighted by Gasteiger charge is -2.13. The maximum absolute atomic E-state index is 11.6. The van der Waals surface area contributed by atoms with Crippen LogP contribution in [0.25, 0.3) is 10.9 Å². The van der Waals surface area contributed by atoms with E-state index in [1.807, 2.05) is 42.1 Å². The number of carboxylic acids is 1. The SMILES string of the molecule is Cn1cc(CC(NC(=O)CCS)C(=O)O)c2ccccc21. The molecule has 1 aromatic carbocycles. The molecule has 1 heterocycles. The van der Waals surface area contributed by atoms with Gasteiger partial charge in [-0.2, -0.15) is 12.6 Å². The summed E-state index contributed by atoms with van der Waals surface area (Å²) < 4.78 is 1.96. The minimum Gasteiger partial charge on any atom is -0.480 e. The first-order valence-electron chi connectivity index (χ1n) is 6.69. The maximum Gasteiger partial charge on any atom is 0.326 e. The number of hydrogen-bond donors (Lipinski definition) is 3. The number of amides is 1. The number of nitrogens with zero attached hydrogens (tertiary/aromatic N) is 1. The molecule has 21 heavy (non-hydrogen) atoms. The van der Waals surface area contributed by atoms with Crippen molar-refractivity contribution in [2.45, 2.75) is 18.9 Å². The molecule has 2 N–H and O–H groups in total. The van der Waals surface area contributed by atoms with Crippen LogP contribution in [0.3, 0.4) is 0 Å². The van der Waals surface area contributed by atoms with Gasteiger partial charge in [0.15, 0.2) is 0 Å². The number of aromatic nitrogens is 1. The molecule has 0 saturated carbocycles. The third kappa shape index (κ3) is 3.58. The van der Waals surface area contributed by atoms with Crippen molar-refractivity contribution in [3.63, 3.8) is 0 Å². The Morgan fingerprint density at radius 2 is 2.10 bits per heavy atom. The second-order valence-corrected chi connectivity index (χ2v) is 5.37. The van der Waals surface area contributed by atoms with Crippen LogP contribution < -0.4 is 5.32 Å². The van der Waals surface area contributed by atoms with Crippen LogP contribution in [-0.2, 0) is 23.1 Å². The van der Waals surface area contributed by atoms with E-state index >= 15 is 0 Å². The quantitative estimate of drug-likeness (QED) is 0.710.